The van der Waals surface area contributed by atoms with Crippen LogP contribution in [0.25, 0.3) is 10.8 Å². The quantitative estimate of drug-likeness (QED) is 0.163. The molecule has 0 aliphatic carbocycles. The van der Waals surface area contributed by atoms with E-state index in [1.165, 1.54) is 4.90 Å². The number of amides is 3. The van der Waals surface area contributed by atoms with Crippen LogP contribution in [0.2, 0.25) is 0 Å². The summed E-state index contributed by atoms with van der Waals surface area (Å²) in [4.78, 5) is 30.6. The number of hydrogen-bond acceptors (Lipinski definition) is 4. The van der Waals surface area contributed by atoms with Crippen LogP contribution < -0.4 is 11.5 Å². The first-order chi connectivity index (χ1) is 17.3. The molecule has 36 heavy (non-hydrogen) atoms. The zero-order chi connectivity index (χ0) is 25.4. The number of carbonyl (C=O) groups is 2. The van der Waals surface area contributed by atoms with Gasteiger partial charge in [0.1, 0.15) is 11.4 Å². The maximum Gasteiger partial charge on any atom is 0.328 e. The number of urea groups is 1. The number of benzene rings is 4. The summed E-state index contributed by atoms with van der Waals surface area (Å²) in [6.07, 6.45) is 0. The number of carbonyl (C=O) groups excluding carboxylic acids is 2. The molecule has 0 saturated carbocycles. The second-order valence-corrected chi connectivity index (χ2v) is 9.25. The van der Waals surface area contributed by atoms with E-state index in [1.54, 1.807) is 42.2 Å². The summed E-state index contributed by atoms with van der Waals surface area (Å²) >= 11 is 0. The van der Waals surface area contributed by atoms with Crippen LogP contribution >= 0.6 is 0 Å². The van der Waals surface area contributed by atoms with Crippen molar-refractivity contribution in [3.63, 3.8) is 0 Å². The minimum atomic E-state index is -1.18. The number of rotatable bonds is 6. The van der Waals surface area contributed by atoms with E-state index in [2.05, 4.69) is 0 Å². The van der Waals surface area contributed by atoms with Gasteiger partial charge >= 0.3 is 6.03 Å². The smallest absolute Gasteiger partial charge is 0.328 e. The Bertz CT molecular complexity index is 1480. The van der Waals surface area contributed by atoms with E-state index in [1.807, 2.05) is 60.7 Å². The largest absolute Gasteiger partial charge is 0.399 e. The summed E-state index contributed by atoms with van der Waals surface area (Å²) < 4.78 is 0. The minimum absolute atomic E-state index is 0.0111. The van der Waals surface area contributed by atoms with Gasteiger partial charge in [0.15, 0.2) is 0 Å². The second-order valence-electron chi connectivity index (χ2n) is 9.25. The molecule has 7 nitrogen and oxygen atoms in total. The summed E-state index contributed by atoms with van der Waals surface area (Å²) in [5.41, 5.74) is 14.0. The predicted octanol–water partition coefficient (Wildman–Crippen LogP) is 4.59. The maximum atomic E-state index is 13.9. The van der Waals surface area contributed by atoms with Gasteiger partial charge in [0.25, 0.3) is 5.91 Å². The zero-order valence-corrected chi connectivity index (χ0v) is 19.9. The van der Waals surface area contributed by atoms with E-state index >= 15 is 0 Å². The molecular formula is C29H27N5O2. The molecule has 180 valence electrons. The summed E-state index contributed by atoms with van der Waals surface area (Å²) in [7, 11) is 0. The molecule has 5 rings (SSSR count). The fourth-order valence-electron chi connectivity index (χ4n) is 4.76. The van der Waals surface area contributed by atoms with Crippen molar-refractivity contribution in [1.82, 2.24) is 9.80 Å². The van der Waals surface area contributed by atoms with Gasteiger partial charge in [0.05, 0.1) is 6.54 Å². The molecule has 0 aromatic heterocycles. The molecule has 0 radical (unpaired) electrons. The monoisotopic (exact) mass is 477 g/mol. The molecule has 1 unspecified atom stereocenters. The molecule has 1 saturated heterocycles. The van der Waals surface area contributed by atoms with Gasteiger partial charge in [0.2, 0.25) is 0 Å². The molecule has 5 N–H and O–H groups in total. The standard InChI is InChI=1S/C29H27N5O2/c1-29(24-11-13-25(30)14-12-24)27(35)33(28(36)34(29)18-19-5-3-2-4-6-19)17-20-7-8-21-9-10-22(26(31)32)16-23(21)15-20/h2-16H,17-18,30H2,1H3,(H3,31,32). The third-order valence-electron chi connectivity index (χ3n) is 6.88. The Hall–Kier alpha value is -4.65. The van der Waals surface area contributed by atoms with Gasteiger partial charge in [-0.05, 0) is 58.7 Å². The maximum absolute atomic E-state index is 13.9. The first kappa shape index (κ1) is 23.1. The molecule has 1 atom stereocenters. The van der Waals surface area contributed by atoms with Crippen molar-refractivity contribution in [1.29, 1.82) is 5.41 Å². The Morgan fingerprint density at radius 2 is 1.53 bits per heavy atom. The molecule has 0 bridgehead atoms. The predicted molar refractivity (Wildman–Crippen MR) is 141 cm³/mol. The van der Waals surface area contributed by atoms with Crippen LogP contribution in [0.3, 0.4) is 0 Å². The highest BCUT2D eigenvalue weighted by Crippen LogP contribution is 2.39. The topological polar surface area (TPSA) is 117 Å². The highest BCUT2D eigenvalue weighted by Gasteiger charge is 2.55. The van der Waals surface area contributed by atoms with Crippen molar-refractivity contribution in [2.75, 3.05) is 5.73 Å². The molecule has 1 heterocycles. The first-order valence-electron chi connectivity index (χ1n) is 11.7. The van der Waals surface area contributed by atoms with Crippen LogP contribution in [0.4, 0.5) is 10.5 Å². The molecule has 1 fully saturated rings. The number of hydrogen-bond donors (Lipinski definition) is 3. The Morgan fingerprint density at radius 1 is 0.833 bits per heavy atom. The second kappa shape index (κ2) is 8.85. The lowest BCUT2D eigenvalue weighted by Gasteiger charge is -2.32. The molecule has 4 aromatic carbocycles. The lowest BCUT2D eigenvalue weighted by molar-refractivity contribution is -0.133. The SMILES string of the molecule is CC1(c2ccc(N)cc2)C(=O)N(Cc2ccc3ccc(C(=N)N)cc3c2)C(=O)N1Cc1ccccc1. The number of nitrogen functional groups attached to an aromatic ring is 2. The van der Waals surface area contributed by atoms with Gasteiger partial charge in [0, 0.05) is 17.8 Å². The first-order valence-corrected chi connectivity index (χ1v) is 11.7. The molecule has 7 heteroatoms. The summed E-state index contributed by atoms with van der Waals surface area (Å²) in [6, 6.07) is 27.7. The van der Waals surface area contributed by atoms with Crippen LogP contribution in [0.15, 0.2) is 91.0 Å². The van der Waals surface area contributed by atoms with E-state index in [0.717, 1.165) is 21.9 Å². The van der Waals surface area contributed by atoms with Gasteiger partial charge in [-0.1, -0.05) is 66.7 Å². The van der Waals surface area contributed by atoms with Crippen molar-refractivity contribution >= 4 is 34.2 Å². The van der Waals surface area contributed by atoms with Gasteiger partial charge in [-0.15, -0.1) is 0 Å². The fourth-order valence-corrected chi connectivity index (χ4v) is 4.76. The Morgan fingerprint density at radius 3 is 2.22 bits per heavy atom. The highest BCUT2D eigenvalue weighted by atomic mass is 16.2. The van der Waals surface area contributed by atoms with E-state index in [9.17, 15) is 9.59 Å². The van der Waals surface area contributed by atoms with E-state index in [4.69, 9.17) is 16.9 Å². The zero-order valence-electron chi connectivity index (χ0n) is 19.9. The average molecular weight is 478 g/mol. The number of nitrogens with zero attached hydrogens (tertiary/aromatic N) is 2. The van der Waals surface area contributed by atoms with Crippen LogP contribution in [0, 0.1) is 5.41 Å². The lowest BCUT2D eigenvalue weighted by Crippen LogP contribution is -2.43. The number of imide groups is 1. The Balaban J connectivity index is 1.53. The molecule has 1 aliphatic heterocycles. The Labute approximate surface area is 209 Å². The third kappa shape index (κ3) is 3.94. The Kier molecular flexibility index (Phi) is 5.68. The minimum Gasteiger partial charge on any atom is -0.399 e. The molecule has 3 amide bonds. The van der Waals surface area contributed by atoms with Crippen LogP contribution in [-0.2, 0) is 23.4 Å². The molecule has 1 aliphatic rings. The van der Waals surface area contributed by atoms with E-state index in [0.29, 0.717) is 23.4 Å². The number of amidine groups is 1. The van der Waals surface area contributed by atoms with Crippen LogP contribution in [0.5, 0.6) is 0 Å². The molecule has 0 spiro atoms. The lowest BCUT2D eigenvalue weighted by atomic mass is 9.89. The van der Waals surface area contributed by atoms with Gasteiger partial charge < -0.3 is 16.4 Å². The van der Waals surface area contributed by atoms with E-state index in [-0.39, 0.29) is 24.3 Å². The average Bonchev–Trinajstić information content (AvgIpc) is 3.06. The van der Waals surface area contributed by atoms with Crippen molar-refractivity contribution in [3.05, 3.63) is 113 Å². The summed E-state index contributed by atoms with van der Waals surface area (Å²) in [6.45, 7) is 2.22. The van der Waals surface area contributed by atoms with Crippen LogP contribution in [0.1, 0.15) is 29.2 Å². The number of fused-ring (bicyclic) bond motifs is 1. The summed E-state index contributed by atoms with van der Waals surface area (Å²) in [5, 5.41) is 9.59. The molecular weight excluding hydrogens is 450 g/mol. The number of anilines is 1. The third-order valence-corrected chi connectivity index (χ3v) is 6.88. The highest BCUT2D eigenvalue weighted by molar-refractivity contribution is 6.07. The van der Waals surface area contributed by atoms with Crippen molar-refractivity contribution < 1.29 is 9.59 Å². The van der Waals surface area contributed by atoms with Crippen LogP contribution in [-0.4, -0.2) is 27.6 Å². The summed E-state index contributed by atoms with van der Waals surface area (Å²) in [5.74, 6) is -0.297. The fraction of sp³-hybridized carbons (Fsp3) is 0.138. The number of nitrogens with two attached hydrogens (primary N) is 2. The van der Waals surface area contributed by atoms with Crippen molar-refractivity contribution in [3.8, 4) is 0 Å². The van der Waals surface area contributed by atoms with Crippen molar-refractivity contribution in [2.45, 2.75) is 25.6 Å². The molecule has 4 aromatic rings. The van der Waals surface area contributed by atoms with Gasteiger partial charge in [-0.2, -0.15) is 0 Å². The van der Waals surface area contributed by atoms with Crippen molar-refractivity contribution in [2.24, 2.45) is 5.73 Å². The normalized spacial score (nSPS) is 17.7. The van der Waals surface area contributed by atoms with E-state index < -0.39 is 5.54 Å². The van der Waals surface area contributed by atoms with Gasteiger partial charge in [-0.3, -0.25) is 15.1 Å². The van der Waals surface area contributed by atoms with Gasteiger partial charge in [-0.25, -0.2) is 4.79 Å². The number of nitrogens with one attached hydrogen (secondary N) is 1.